The van der Waals surface area contributed by atoms with E-state index < -0.39 is 25.4 Å². The number of amides is 1. The van der Waals surface area contributed by atoms with E-state index in [9.17, 15) is 4.79 Å². The van der Waals surface area contributed by atoms with Gasteiger partial charge < -0.3 is 26.0 Å². The first-order chi connectivity index (χ1) is 7.14. The number of hydrogen-bond acceptors (Lipinski definition) is 5. The second-order valence-electron chi connectivity index (χ2n) is 3.41. The van der Waals surface area contributed by atoms with Gasteiger partial charge in [0.05, 0.1) is 19.8 Å². The van der Waals surface area contributed by atoms with Crippen molar-refractivity contribution >= 4 is 5.91 Å². The molecule has 0 fully saturated rings. The number of aliphatic hydroxyl groups is 3. The molecule has 0 aromatic heterocycles. The smallest absolute Gasteiger partial charge is 0.221 e. The fourth-order valence-corrected chi connectivity index (χ4v) is 1.01. The minimum Gasteiger partial charge on any atom is -0.394 e. The Morgan fingerprint density at radius 2 is 1.73 bits per heavy atom. The standard InChI is InChI=1S/C9H20N2O4/c1-2-10-4-3-8(15)11-9(5-12,6-13)7-14/h10,12-14H,2-7H2,1H3,(H,11,15). The zero-order valence-electron chi connectivity index (χ0n) is 8.99. The summed E-state index contributed by atoms with van der Waals surface area (Å²) in [4.78, 5) is 11.3. The molecule has 0 unspecified atom stereocenters. The molecule has 90 valence electrons. The highest BCUT2D eigenvalue weighted by atomic mass is 16.3. The molecule has 0 bridgehead atoms. The van der Waals surface area contributed by atoms with Gasteiger partial charge in [0, 0.05) is 13.0 Å². The van der Waals surface area contributed by atoms with Gasteiger partial charge in [-0.2, -0.15) is 0 Å². The van der Waals surface area contributed by atoms with Gasteiger partial charge in [0.2, 0.25) is 5.91 Å². The Morgan fingerprint density at radius 3 is 2.13 bits per heavy atom. The van der Waals surface area contributed by atoms with E-state index in [-0.39, 0.29) is 12.3 Å². The Hall–Kier alpha value is -0.690. The van der Waals surface area contributed by atoms with Crippen LogP contribution in [0.25, 0.3) is 0 Å². The monoisotopic (exact) mass is 220 g/mol. The van der Waals surface area contributed by atoms with E-state index in [1.807, 2.05) is 6.92 Å². The van der Waals surface area contributed by atoms with Crippen LogP contribution in [0.2, 0.25) is 0 Å². The molecule has 0 saturated heterocycles. The predicted octanol–water partition coefficient (Wildman–Crippen LogP) is -2.18. The van der Waals surface area contributed by atoms with Crippen molar-refractivity contribution in [3.8, 4) is 0 Å². The molecule has 6 heteroatoms. The molecule has 0 saturated carbocycles. The SMILES string of the molecule is CCNCCC(=O)NC(CO)(CO)CO. The van der Waals surface area contributed by atoms with Gasteiger partial charge in [-0.1, -0.05) is 6.92 Å². The molecule has 0 atom stereocenters. The second-order valence-corrected chi connectivity index (χ2v) is 3.41. The number of hydrogen-bond donors (Lipinski definition) is 5. The quantitative estimate of drug-likeness (QED) is 0.299. The van der Waals surface area contributed by atoms with Crippen LogP contribution in [0.4, 0.5) is 0 Å². The first kappa shape index (κ1) is 14.3. The molecule has 0 spiro atoms. The molecular weight excluding hydrogens is 200 g/mol. The average molecular weight is 220 g/mol. The average Bonchev–Trinajstić information content (AvgIpc) is 2.26. The first-order valence-corrected chi connectivity index (χ1v) is 4.98. The van der Waals surface area contributed by atoms with Crippen LogP contribution in [0.5, 0.6) is 0 Å². The normalized spacial score (nSPS) is 11.5. The summed E-state index contributed by atoms with van der Waals surface area (Å²) in [5.41, 5.74) is -1.32. The summed E-state index contributed by atoms with van der Waals surface area (Å²) in [7, 11) is 0. The maximum atomic E-state index is 11.3. The lowest BCUT2D eigenvalue weighted by molar-refractivity contribution is -0.125. The lowest BCUT2D eigenvalue weighted by Crippen LogP contribution is -2.57. The summed E-state index contributed by atoms with van der Waals surface area (Å²) in [6.07, 6.45) is 0.246. The Bertz CT molecular complexity index is 175. The number of carbonyl (C=O) groups is 1. The van der Waals surface area contributed by atoms with Crippen molar-refractivity contribution in [1.29, 1.82) is 0 Å². The van der Waals surface area contributed by atoms with Crippen molar-refractivity contribution in [2.75, 3.05) is 32.9 Å². The van der Waals surface area contributed by atoms with Crippen LogP contribution >= 0.6 is 0 Å². The van der Waals surface area contributed by atoms with Crippen LogP contribution in [0.1, 0.15) is 13.3 Å². The highest BCUT2D eigenvalue weighted by Crippen LogP contribution is 2.01. The molecule has 5 N–H and O–H groups in total. The van der Waals surface area contributed by atoms with E-state index in [0.29, 0.717) is 6.54 Å². The Kier molecular flexibility index (Phi) is 7.23. The maximum Gasteiger partial charge on any atom is 0.221 e. The third kappa shape index (κ3) is 5.08. The molecule has 0 heterocycles. The van der Waals surface area contributed by atoms with Gasteiger partial charge in [0.25, 0.3) is 0 Å². The van der Waals surface area contributed by atoms with E-state index in [0.717, 1.165) is 6.54 Å². The van der Waals surface area contributed by atoms with Crippen molar-refractivity contribution in [2.45, 2.75) is 18.9 Å². The molecule has 0 aromatic rings. The lowest BCUT2D eigenvalue weighted by Gasteiger charge is -2.28. The minimum absolute atomic E-state index is 0.246. The summed E-state index contributed by atoms with van der Waals surface area (Å²) in [6, 6.07) is 0. The van der Waals surface area contributed by atoms with Crippen molar-refractivity contribution in [1.82, 2.24) is 10.6 Å². The molecule has 1 amide bonds. The van der Waals surface area contributed by atoms with Gasteiger partial charge in [-0.15, -0.1) is 0 Å². The Labute approximate surface area is 89.3 Å². The summed E-state index contributed by atoms with van der Waals surface area (Å²) in [5.74, 6) is -0.312. The summed E-state index contributed by atoms with van der Waals surface area (Å²) >= 11 is 0. The number of rotatable bonds is 8. The van der Waals surface area contributed by atoms with Crippen LogP contribution in [-0.4, -0.2) is 59.7 Å². The van der Waals surface area contributed by atoms with Crippen molar-refractivity contribution in [3.63, 3.8) is 0 Å². The summed E-state index contributed by atoms with van der Waals surface area (Å²) < 4.78 is 0. The zero-order valence-corrected chi connectivity index (χ0v) is 8.99. The predicted molar refractivity (Wildman–Crippen MR) is 55.3 cm³/mol. The fourth-order valence-electron chi connectivity index (χ4n) is 1.01. The highest BCUT2D eigenvalue weighted by molar-refractivity contribution is 5.77. The van der Waals surface area contributed by atoms with Crippen molar-refractivity contribution in [3.05, 3.63) is 0 Å². The third-order valence-corrected chi connectivity index (χ3v) is 2.09. The largest absolute Gasteiger partial charge is 0.394 e. The summed E-state index contributed by atoms with van der Waals surface area (Å²) in [5, 5.41) is 32.2. The van der Waals surface area contributed by atoms with Crippen molar-refractivity contribution < 1.29 is 20.1 Å². The van der Waals surface area contributed by atoms with Gasteiger partial charge in [0.15, 0.2) is 0 Å². The molecule has 0 aliphatic rings. The van der Waals surface area contributed by atoms with Gasteiger partial charge in [-0.05, 0) is 6.54 Å². The van der Waals surface area contributed by atoms with Gasteiger partial charge in [0.1, 0.15) is 5.54 Å². The molecule has 0 aromatic carbocycles. The Balaban J connectivity index is 4.00. The topological polar surface area (TPSA) is 102 Å². The molecular formula is C9H20N2O4. The van der Waals surface area contributed by atoms with Gasteiger partial charge >= 0.3 is 0 Å². The highest BCUT2D eigenvalue weighted by Gasteiger charge is 2.29. The molecule has 6 nitrogen and oxygen atoms in total. The minimum atomic E-state index is -1.32. The zero-order chi connectivity index (χ0) is 11.7. The molecule has 0 radical (unpaired) electrons. The van der Waals surface area contributed by atoms with Gasteiger partial charge in [-0.3, -0.25) is 4.79 Å². The van der Waals surface area contributed by atoms with E-state index in [1.54, 1.807) is 0 Å². The van der Waals surface area contributed by atoms with Crippen molar-refractivity contribution in [2.24, 2.45) is 0 Å². The van der Waals surface area contributed by atoms with E-state index in [1.165, 1.54) is 0 Å². The van der Waals surface area contributed by atoms with E-state index in [4.69, 9.17) is 15.3 Å². The molecule has 15 heavy (non-hydrogen) atoms. The number of carbonyl (C=O) groups excluding carboxylic acids is 1. The van der Waals surface area contributed by atoms with E-state index >= 15 is 0 Å². The third-order valence-electron chi connectivity index (χ3n) is 2.09. The number of aliphatic hydroxyl groups excluding tert-OH is 3. The van der Waals surface area contributed by atoms with Crippen LogP contribution < -0.4 is 10.6 Å². The second kappa shape index (κ2) is 7.58. The molecule has 0 aliphatic carbocycles. The Morgan fingerprint density at radius 1 is 1.20 bits per heavy atom. The van der Waals surface area contributed by atoms with Crippen LogP contribution in [0, 0.1) is 0 Å². The van der Waals surface area contributed by atoms with E-state index in [2.05, 4.69) is 10.6 Å². The van der Waals surface area contributed by atoms with Crippen LogP contribution in [0.3, 0.4) is 0 Å². The van der Waals surface area contributed by atoms with Crippen LogP contribution in [0.15, 0.2) is 0 Å². The summed E-state index contributed by atoms with van der Waals surface area (Å²) in [6.45, 7) is 1.75. The number of nitrogens with one attached hydrogen (secondary N) is 2. The van der Waals surface area contributed by atoms with Crippen LogP contribution in [-0.2, 0) is 4.79 Å². The lowest BCUT2D eigenvalue weighted by atomic mass is 10.0. The fraction of sp³-hybridized carbons (Fsp3) is 0.889. The van der Waals surface area contributed by atoms with Gasteiger partial charge in [-0.25, -0.2) is 0 Å². The maximum absolute atomic E-state index is 11.3. The first-order valence-electron chi connectivity index (χ1n) is 4.98. The molecule has 0 rings (SSSR count). The molecule has 0 aliphatic heterocycles.